The zero-order valence-electron chi connectivity index (χ0n) is 12.4. The highest BCUT2D eigenvalue weighted by molar-refractivity contribution is 6.31. The molecule has 1 heterocycles. The van der Waals surface area contributed by atoms with Crippen molar-refractivity contribution < 1.29 is 0 Å². The van der Waals surface area contributed by atoms with E-state index in [1.807, 2.05) is 0 Å². The molecule has 1 fully saturated rings. The van der Waals surface area contributed by atoms with Gasteiger partial charge in [-0.25, -0.2) is 0 Å². The third-order valence-corrected chi connectivity index (χ3v) is 4.82. The van der Waals surface area contributed by atoms with Gasteiger partial charge in [0.2, 0.25) is 0 Å². The maximum Gasteiger partial charge on any atom is 0.0850 e. The van der Waals surface area contributed by atoms with E-state index in [4.69, 9.17) is 11.6 Å². The van der Waals surface area contributed by atoms with Crippen molar-refractivity contribution in [3.8, 4) is 0 Å². The topological polar surface area (TPSA) is 29.9 Å². The number of hydrogen-bond acceptors (Lipinski definition) is 2. The van der Waals surface area contributed by atoms with Gasteiger partial charge in [-0.3, -0.25) is 4.68 Å². The van der Waals surface area contributed by atoms with Gasteiger partial charge >= 0.3 is 0 Å². The second-order valence-corrected chi connectivity index (χ2v) is 5.98. The van der Waals surface area contributed by atoms with Crippen LogP contribution >= 0.6 is 11.6 Å². The largest absolute Gasteiger partial charge is 0.317 e. The normalized spacial score (nSPS) is 17.5. The van der Waals surface area contributed by atoms with Crippen LogP contribution in [0.1, 0.15) is 50.9 Å². The van der Waals surface area contributed by atoms with Gasteiger partial charge in [-0.1, -0.05) is 37.8 Å². The van der Waals surface area contributed by atoms with Crippen LogP contribution in [0.3, 0.4) is 0 Å². The summed E-state index contributed by atoms with van der Waals surface area (Å²) in [6.45, 7) is 5.14. The Hall–Kier alpha value is -0.540. The maximum atomic E-state index is 6.48. The van der Waals surface area contributed by atoms with Crippen LogP contribution in [0.25, 0.3) is 0 Å². The van der Waals surface area contributed by atoms with Gasteiger partial charge in [-0.05, 0) is 32.7 Å². The molecule has 0 saturated heterocycles. The van der Waals surface area contributed by atoms with Gasteiger partial charge in [0.25, 0.3) is 0 Å². The molecule has 0 aliphatic heterocycles. The van der Waals surface area contributed by atoms with E-state index in [1.54, 1.807) is 0 Å². The summed E-state index contributed by atoms with van der Waals surface area (Å²) in [4.78, 5) is 0. The Labute approximate surface area is 121 Å². The molecule has 1 aromatic heterocycles. The number of halogens is 1. The van der Waals surface area contributed by atoms with Gasteiger partial charge in [0.05, 0.1) is 16.4 Å². The summed E-state index contributed by atoms with van der Waals surface area (Å²) in [5, 5.41) is 8.95. The van der Waals surface area contributed by atoms with E-state index in [2.05, 4.69) is 36.0 Å². The summed E-state index contributed by atoms with van der Waals surface area (Å²) >= 11 is 6.48. The molecule has 0 bridgehead atoms. The van der Waals surface area contributed by atoms with Crippen molar-refractivity contribution in [2.45, 2.75) is 65.0 Å². The number of nitrogens with one attached hydrogen (secondary N) is 1. The molecule has 3 nitrogen and oxygen atoms in total. The van der Waals surface area contributed by atoms with Gasteiger partial charge in [-0.15, -0.1) is 0 Å². The Kier molecular flexibility index (Phi) is 5.28. The highest BCUT2D eigenvalue weighted by Gasteiger charge is 2.24. The highest BCUT2D eigenvalue weighted by atomic mass is 35.5. The van der Waals surface area contributed by atoms with Crippen molar-refractivity contribution in [2.75, 3.05) is 7.05 Å². The molecule has 108 valence electrons. The number of aromatic nitrogens is 2. The van der Waals surface area contributed by atoms with Crippen molar-refractivity contribution >= 4 is 11.6 Å². The van der Waals surface area contributed by atoms with E-state index in [0.29, 0.717) is 6.04 Å². The average molecular weight is 284 g/mol. The van der Waals surface area contributed by atoms with Gasteiger partial charge in [0, 0.05) is 19.0 Å². The number of nitrogens with zero attached hydrogens (tertiary/aromatic N) is 2. The molecule has 4 heteroatoms. The minimum Gasteiger partial charge on any atom is -0.317 e. The Balaban J connectivity index is 2.08. The first-order valence-electron chi connectivity index (χ1n) is 7.60. The molecule has 1 aliphatic rings. The van der Waals surface area contributed by atoms with E-state index in [0.717, 1.165) is 36.0 Å². The highest BCUT2D eigenvalue weighted by Crippen LogP contribution is 2.32. The SMILES string of the molecule is CCc1nn(CC)c(CC(CC2CCC2)NC)c1Cl. The van der Waals surface area contributed by atoms with Gasteiger partial charge in [-0.2, -0.15) is 5.10 Å². The van der Waals surface area contributed by atoms with Gasteiger partial charge < -0.3 is 5.32 Å². The molecule has 0 radical (unpaired) electrons. The predicted octanol–water partition coefficient (Wildman–Crippen LogP) is 3.44. The fraction of sp³-hybridized carbons (Fsp3) is 0.800. The van der Waals surface area contributed by atoms with E-state index in [9.17, 15) is 0 Å². The smallest absolute Gasteiger partial charge is 0.0850 e. The minimum absolute atomic E-state index is 0.523. The summed E-state index contributed by atoms with van der Waals surface area (Å²) in [6, 6.07) is 0.523. The second kappa shape index (κ2) is 6.76. The average Bonchev–Trinajstić information content (AvgIpc) is 2.68. The van der Waals surface area contributed by atoms with E-state index >= 15 is 0 Å². The zero-order valence-corrected chi connectivity index (χ0v) is 13.1. The fourth-order valence-electron chi connectivity index (χ4n) is 2.88. The monoisotopic (exact) mass is 283 g/mol. The minimum atomic E-state index is 0.523. The van der Waals surface area contributed by atoms with Gasteiger partial charge in [0.15, 0.2) is 0 Å². The molecule has 2 rings (SSSR count). The summed E-state index contributed by atoms with van der Waals surface area (Å²) < 4.78 is 2.08. The lowest BCUT2D eigenvalue weighted by Gasteiger charge is -2.29. The molecular formula is C15H26ClN3. The molecular weight excluding hydrogens is 258 g/mol. The fourth-order valence-corrected chi connectivity index (χ4v) is 3.23. The number of likely N-dealkylation sites (N-methyl/N-ethyl adjacent to an activating group) is 1. The lowest BCUT2D eigenvalue weighted by molar-refractivity contribution is 0.262. The first-order valence-corrected chi connectivity index (χ1v) is 7.98. The van der Waals surface area contributed by atoms with Crippen LogP contribution in [0.4, 0.5) is 0 Å². The summed E-state index contributed by atoms with van der Waals surface area (Å²) in [6.07, 6.45) is 7.38. The Morgan fingerprint density at radius 1 is 1.42 bits per heavy atom. The molecule has 1 aromatic rings. The molecule has 0 aromatic carbocycles. The van der Waals surface area contributed by atoms with Crippen LogP contribution in [0.2, 0.25) is 5.02 Å². The van der Waals surface area contributed by atoms with Crippen LogP contribution in [-0.2, 0) is 19.4 Å². The molecule has 0 spiro atoms. The molecule has 0 amide bonds. The summed E-state index contributed by atoms with van der Waals surface area (Å²) in [7, 11) is 2.06. The molecule has 19 heavy (non-hydrogen) atoms. The summed E-state index contributed by atoms with van der Waals surface area (Å²) in [5.74, 6) is 0.917. The molecule has 1 atom stereocenters. The van der Waals surface area contributed by atoms with Crippen molar-refractivity contribution in [3.05, 3.63) is 16.4 Å². The zero-order chi connectivity index (χ0) is 13.8. The molecule has 1 saturated carbocycles. The second-order valence-electron chi connectivity index (χ2n) is 5.60. The number of aryl methyl sites for hydroxylation is 2. The van der Waals surface area contributed by atoms with Crippen molar-refractivity contribution in [3.63, 3.8) is 0 Å². The van der Waals surface area contributed by atoms with E-state index < -0.39 is 0 Å². The first kappa shape index (κ1) is 14.9. The Morgan fingerprint density at radius 2 is 2.16 bits per heavy atom. The van der Waals surface area contributed by atoms with Crippen LogP contribution in [0.5, 0.6) is 0 Å². The standard InChI is InChI=1S/C15H26ClN3/c1-4-13-15(16)14(19(5-2)18-13)10-12(17-3)9-11-7-6-8-11/h11-12,17H,4-10H2,1-3H3. The van der Waals surface area contributed by atoms with Crippen LogP contribution in [0, 0.1) is 5.92 Å². The van der Waals surface area contributed by atoms with Crippen molar-refractivity contribution in [1.82, 2.24) is 15.1 Å². The van der Waals surface area contributed by atoms with Crippen molar-refractivity contribution in [2.24, 2.45) is 5.92 Å². The number of rotatable bonds is 7. The van der Waals surface area contributed by atoms with E-state index in [1.165, 1.54) is 31.4 Å². The van der Waals surface area contributed by atoms with Crippen LogP contribution in [0.15, 0.2) is 0 Å². The number of hydrogen-bond donors (Lipinski definition) is 1. The third-order valence-electron chi connectivity index (χ3n) is 4.38. The molecule has 1 aliphatic carbocycles. The Bertz CT molecular complexity index is 410. The summed E-state index contributed by atoms with van der Waals surface area (Å²) in [5.41, 5.74) is 2.25. The lowest BCUT2D eigenvalue weighted by atomic mass is 9.80. The molecule has 1 N–H and O–H groups in total. The lowest BCUT2D eigenvalue weighted by Crippen LogP contribution is -2.32. The van der Waals surface area contributed by atoms with E-state index in [-0.39, 0.29) is 0 Å². The van der Waals surface area contributed by atoms with Crippen molar-refractivity contribution in [1.29, 1.82) is 0 Å². The predicted molar refractivity (Wildman–Crippen MR) is 80.8 cm³/mol. The third kappa shape index (κ3) is 3.32. The van der Waals surface area contributed by atoms with Crippen LogP contribution < -0.4 is 5.32 Å². The van der Waals surface area contributed by atoms with Gasteiger partial charge in [0.1, 0.15) is 0 Å². The first-order chi connectivity index (χ1) is 9.19. The maximum absolute atomic E-state index is 6.48. The Morgan fingerprint density at radius 3 is 2.63 bits per heavy atom. The van der Waals surface area contributed by atoms with Crippen LogP contribution in [-0.4, -0.2) is 22.9 Å². The molecule has 1 unspecified atom stereocenters. The quantitative estimate of drug-likeness (QED) is 0.831.